The van der Waals surface area contributed by atoms with E-state index in [1.54, 1.807) is 4.57 Å². The lowest BCUT2D eigenvalue weighted by Crippen LogP contribution is -2.39. The standard InChI is InChI=1S/C20H20FN5O4/c1-24(20(29)30-14-8-2-11(21)3-9-14)10-15-22-16-17(23-15)25(12-4-5-12)19(28)26(18(16)27)13-6-7-13/h2-3,8-9,12-13H,4-7,10H2,1H3,(H,22,23). The van der Waals surface area contributed by atoms with E-state index in [9.17, 15) is 18.8 Å². The number of nitrogens with zero attached hydrogens (tertiary/aromatic N) is 4. The number of amides is 1. The first-order valence-electron chi connectivity index (χ1n) is 9.86. The van der Waals surface area contributed by atoms with Gasteiger partial charge in [0.2, 0.25) is 0 Å². The van der Waals surface area contributed by atoms with Gasteiger partial charge in [0, 0.05) is 19.1 Å². The first-order chi connectivity index (χ1) is 14.4. The van der Waals surface area contributed by atoms with E-state index in [4.69, 9.17) is 4.74 Å². The number of carbonyl (C=O) groups excluding carboxylic acids is 1. The molecule has 3 aromatic rings. The predicted molar refractivity (Wildman–Crippen MR) is 105 cm³/mol. The number of ether oxygens (including phenoxy) is 1. The highest BCUT2D eigenvalue weighted by Gasteiger charge is 2.34. The van der Waals surface area contributed by atoms with Crippen LogP contribution in [-0.4, -0.2) is 37.1 Å². The molecular formula is C20H20FN5O4. The van der Waals surface area contributed by atoms with Gasteiger partial charge >= 0.3 is 11.8 Å². The van der Waals surface area contributed by atoms with E-state index < -0.39 is 11.9 Å². The minimum absolute atomic E-state index is 0.0421. The number of benzene rings is 1. The number of H-pyrrole nitrogens is 1. The Kier molecular flexibility index (Phi) is 4.23. The van der Waals surface area contributed by atoms with Gasteiger partial charge in [-0.15, -0.1) is 0 Å². The highest BCUT2D eigenvalue weighted by molar-refractivity contribution is 5.72. The number of halogens is 1. The molecular weight excluding hydrogens is 393 g/mol. The minimum Gasteiger partial charge on any atom is -0.410 e. The molecule has 1 aromatic carbocycles. The van der Waals surface area contributed by atoms with Gasteiger partial charge in [-0.1, -0.05) is 0 Å². The van der Waals surface area contributed by atoms with Gasteiger partial charge in [0.15, 0.2) is 5.65 Å². The zero-order chi connectivity index (χ0) is 21.0. The molecule has 1 N–H and O–H groups in total. The molecule has 2 heterocycles. The maximum absolute atomic E-state index is 13.0. The van der Waals surface area contributed by atoms with E-state index in [1.165, 1.54) is 40.8 Å². The first kappa shape index (κ1) is 18.6. The molecule has 0 bridgehead atoms. The summed E-state index contributed by atoms with van der Waals surface area (Å²) < 4.78 is 21.1. The van der Waals surface area contributed by atoms with Crippen LogP contribution in [0.5, 0.6) is 5.75 Å². The Bertz CT molecular complexity index is 1250. The summed E-state index contributed by atoms with van der Waals surface area (Å²) >= 11 is 0. The lowest BCUT2D eigenvalue weighted by Gasteiger charge is -2.15. The molecule has 2 aliphatic rings. The zero-order valence-corrected chi connectivity index (χ0v) is 16.3. The second kappa shape index (κ2) is 6.82. The average Bonchev–Trinajstić information content (AvgIpc) is 3.63. The van der Waals surface area contributed by atoms with Crippen LogP contribution >= 0.6 is 0 Å². The van der Waals surface area contributed by atoms with Crippen molar-refractivity contribution < 1.29 is 13.9 Å². The van der Waals surface area contributed by atoms with Crippen molar-refractivity contribution in [2.45, 2.75) is 44.3 Å². The fourth-order valence-electron chi connectivity index (χ4n) is 3.51. The van der Waals surface area contributed by atoms with E-state index in [0.717, 1.165) is 25.7 Å². The fourth-order valence-corrected chi connectivity index (χ4v) is 3.51. The van der Waals surface area contributed by atoms with E-state index in [-0.39, 0.29) is 41.1 Å². The first-order valence-corrected chi connectivity index (χ1v) is 9.86. The number of fused-ring (bicyclic) bond motifs is 1. The van der Waals surface area contributed by atoms with E-state index in [0.29, 0.717) is 11.5 Å². The topological polar surface area (TPSA) is 102 Å². The number of imidazole rings is 1. The highest BCUT2D eigenvalue weighted by Crippen LogP contribution is 2.36. The number of aromatic nitrogens is 4. The molecule has 2 aromatic heterocycles. The number of nitrogens with one attached hydrogen (secondary N) is 1. The fraction of sp³-hybridized carbons (Fsp3) is 0.400. The van der Waals surface area contributed by atoms with Crippen molar-refractivity contribution >= 4 is 17.3 Å². The molecule has 0 atom stereocenters. The third-order valence-electron chi connectivity index (χ3n) is 5.35. The van der Waals surface area contributed by atoms with Crippen molar-refractivity contribution in [3.63, 3.8) is 0 Å². The number of hydrogen-bond acceptors (Lipinski definition) is 5. The summed E-state index contributed by atoms with van der Waals surface area (Å²) in [7, 11) is 1.52. The molecule has 2 aliphatic carbocycles. The van der Waals surface area contributed by atoms with Crippen molar-refractivity contribution in [3.05, 3.63) is 56.7 Å². The van der Waals surface area contributed by atoms with Gasteiger partial charge in [-0.2, -0.15) is 0 Å². The van der Waals surface area contributed by atoms with Crippen LogP contribution in [0.15, 0.2) is 33.9 Å². The molecule has 5 rings (SSSR count). The molecule has 0 saturated heterocycles. The van der Waals surface area contributed by atoms with E-state index in [2.05, 4.69) is 9.97 Å². The van der Waals surface area contributed by atoms with Crippen molar-refractivity contribution in [2.24, 2.45) is 0 Å². The van der Waals surface area contributed by atoms with Crippen molar-refractivity contribution in [1.29, 1.82) is 0 Å². The maximum atomic E-state index is 13.0. The second-order valence-corrected chi connectivity index (χ2v) is 7.85. The van der Waals surface area contributed by atoms with Crippen LogP contribution in [0.4, 0.5) is 9.18 Å². The largest absolute Gasteiger partial charge is 0.415 e. The molecule has 9 nitrogen and oxygen atoms in total. The monoisotopic (exact) mass is 413 g/mol. The summed E-state index contributed by atoms with van der Waals surface area (Å²) in [5.41, 5.74) is -0.0623. The number of rotatable bonds is 5. The Balaban J connectivity index is 1.43. The molecule has 30 heavy (non-hydrogen) atoms. The summed E-state index contributed by atoms with van der Waals surface area (Å²) in [6.07, 6.45) is 2.75. The number of aromatic amines is 1. The number of carbonyl (C=O) groups is 1. The lowest BCUT2D eigenvalue weighted by atomic mass is 10.3. The summed E-state index contributed by atoms with van der Waals surface area (Å²) in [6, 6.07) is 5.13. The van der Waals surface area contributed by atoms with Crippen molar-refractivity contribution in [1.82, 2.24) is 24.0 Å². The minimum atomic E-state index is -0.656. The Hall–Kier alpha value is -3.43. The molecule has 0 unspecified atom stereocenters. The van der Waals surface area contributed by atoms with Crippen LogP contribution in [0.25, 0.3) is 11.2 Å². The van der Waals surface area contributed by atoms with Gasteiger partial charge in [0.1, 0.15) is 22.9 Å². The predicted octanol–water partition coefficient (Wildman–Crippen LogP) is 2.33. The molecule has 156 valence electrons. The summed E-state index contributed by atoms with van der Waals surface area (Å²) in [4.78, 5) is 46.8. The van der Waals surface area contributed by atoms with Gasteiger partial charge in [0.05, 0.1) is 6.54 Å². The second-order valence-electron chi connectivity index (χ2n) is 7.85. The van der Waals surface area contributed by atoms with Gasteiger partial charge in [-0.05, 0) is 49.9 Å². The van der Waals surface area contributed by atoms with Crippen LogP contribution in [0, 0.1) is 5.82 Å². The molecule has 2 fully saturated rings. The Morgan fingerprint density at radius 2 is 1.80 bits per heavy atom. The van der Waals surface area contributed by atoms with Crippen LogP contribution in [0.1, 0.15) is 43.6 Å². The summed E-state index contributed by atoms with van der Waals surface area (Å²) in [6.45, 7) is 0.0520. The average molecular weight is 413 g/mol. The summed E-state index contributed by atoms with van der Waals surface area (Å²) in [5, 5.41) is 0. The van der Waals surface area contributed by atoms with E-state index >= 15 is 0 Å². The van der Waals surface area contributed by atoms with Crippen molar-refractivity contribution in [3.8, 4) is 5.75 Å². The molecule has 0 aliphatic heterocycles. The number of hydrogen-bond donors (Lipinski definition) is 1. The van der Waals surface area contributed by atoms with Crippen LogP contribution in [0.3, 0.4) is 0 Å². The Morgan fingerprint density at radius 1 is 1.17 bits per heavy atom. The summed E-state index contributed by atoms with van der Waals surface area (Å²) in [5.74, 6) is 0.166. The quantitative estimate of drug-likeness (QED) is 0.692. The third kappa shape index (κ3) is 3.27. The zero-order valence-electron chi connectivity index (χ0n) is 16.3. The molecule has 2 saturated carbocycles. The highest BCUT2D eigenvalue weighted by atomic mass is 19.1. The maximum Gasteiger partial charge on any atom is 0.415 e. The van der Waals surface area contributed by atoms with Crippen LogP contribution in [0.2, 0.25) is 0 Å². The van der Waals surface area contributed by atoms with Crippen molar-refractivity contribution in [2.75, 3.05) is 7.05 Å². The smallest absolute Gasteiger partial charge is 0.410 e. The molecule has 1 amide bonds. The van der Waals surface area contributed by atoms with Gasteiger partial charge < -0.3 is 14.6 Å². The van der Waals surface area contributed by atoms with Crippen LogP contribution < -0.4 is 16.0 Å². The Morgan fingerprint density at radius 3 is 2.43 bits per heavy atom. The van der Waals surface area contributed by atoms with Gasteiger partial charge in [-0.25, -0.2) is 19.0 Å². The van der Waals surface area contributed by atoms with Gasteiger partial charge in [0.25, 0.3) is 5.56 Å². The molecule has 0 radical (unpaired) electrons. The molecule has 0 spiro atoms. The van der Waals surface area contributed by atoms with Crippen LogP contribution in [-0.2, 0) is 6.54 Å². The molecule has 10 heteroatoms. The SMILES string of the molecule is CN(Cc1nc2c([nH]1)c(=O)n(C1CC1)c(=O)n2C1CC1)C(=O)Oc1ccc(F)cc1. The van der Waals surface area contributed by atoms with Gasteiger partial charge in [-0.3, -0.25) is 13.9 Å². The normalized spacial score (nSPS) is 16.1. The lowest BCUT2D eigenvalue weighted by molar-refractivity contribution is 0.160. The Labute approximate surface area is 169 Å². The van der Waals surface area contributed by atoms with E-state index in [1.807, 2.05) is 0 Å². The third-order valence-corrected chi connectivity index (χ3v) is 5.35.